The number of aryl methyl sites for hydroxylation is 2. The number of rotatable bonds is 3. The largest absolute Gasteiger partial charge is 0.331 e. The van der Waals surface area contributed by atoms with Crippen LogP contribution in [-0.2, 0) is 0 Å². The molecule has 2 N–H and O–H groups in total. The molecule has 3 nitrogen and oxygen atoms in total. The number of para-hydroxylation sites is 1. The summed E-state index contributed by atoms with van der Waals surface area (Å²) < 4.78 is 0.860. The fourth-order valence-electron chi connectivity index (χ4n) is 2.31. The molecule has 2 rings (SSSR count). The van der Waals surface area contributed by atoms with Crippen molar-refractivity contribution in [2.45, 2.75) is 26.8 Å². The lowest BCUT2D eigenvalue weighted by molar-refractivity contribution is 0.249. The first-order chi connectivity index (χ1) is 9.97. The number of benzene rings is 2. The Morgan fingerprint density at radius 2 is 1.86 bits per heavy atom. The molecular weight excluding hydrogens is 328 g/mol. The molecule has 1 atom stereocenters. The van der Waals surface area contributed by atoms with Gasteiger partial charge in [-0.05, 0) is 60.0 Å². The highest BCUT2D eigenvalue weighted by Gasteiger charge is 2.12. The first kappa shape index (κ1) is 15.6. The van der Waals surface area contributed by atoms with Crippen molar-refractivity contribution in [1.29, 1.82) is 0 Å². The molecule has 21 heavy (non-hydrogen) atoms. The van der Waals surface area contributed by atoms with Gasteiger partial charge in [0.2, 0.25) is 0 Å². The lowest BCUT2D eigenvalue weighted by atomic mass is 10.0. The second-order valence-electron chi connectivity index (χ2n) is 5.16. The van der Waals surface area contributed by atoms with Gasteiger partial charge in [-0.3, -0.25) is 0 Å². The summed E-state index contributed by atoms with van der Waals surface area (Å²) in [6.07, 6.45) is 0. The quantitative estimate of drug-likeness (QED) is 0.811. The molecule has 0 spiro atoms. The summed E-state index contributed by atoms with van der Waals surface area (Å²) in [6, 6.07) is 13.5. The first-order valence-electron chi connectivity index (χ1n) is 6.86. The summed E-state index contributed by atoms with van der Waals surface area (Å²) in [5, 5.41) is 5.81. The summed E-state index contributed by atoms with van der Waals surface area (Å²) >= 11 is 3.41. The van der Waals surface area contributed by atoms with Crippen molar-refractivity contribution >= 4 is 27.6 Å². The summed E-state index contributed by atoms with van der Waals surface area (Å²) in [5.74, 6) is 0. The van der Waals surface area contributed by atoms with Gasteiger partial charge in [0.25, 0.3) is 0 Å². The molecule has 2 aromatic rings. The third kappa shape index (κ3) is 4.08. The standard InChI is InChI=1S/C17H19BrN2O/c1-11-8-9-14(12(2)10-11)13(3)19-17(21)20-16-7-5-4-6-15(16)18/h4-10,13H,1-3H3,(H2,19,20,21). The minimum absolute atomic E-state index is 0.0481. The fourth-order valence-corrected chi connectivity index (χ4v) is 2.69. The van der Waals surface area contributed by atoms with E-state index in [1.54, 1.807) is 0 Å². The molecule has 110 valence electrons. The van der Waals surface area contributed by atoms with Crippen LogP contribution >= 0.6 is 15.9 Å². The van der Waals surface area contributed by atoms with Gasteiger partial charge in [-0.25, -0.2) is 4.79 Å². The second-order valence-corrected chi connectivity index (χ2v) is 6.01. The van der Waals surface area contributed by atoms with Crippen LogP contribution in [0.2, 0.25) is 0 Å². The van der Waals surface area contributed by atoms with Crippen LogP contribution in [0.3, 0.4) is 0 Å². The molecule has 0 aliphatic rings. The average Bonchev–Trinajstić information content (AvgIpc) is 2.41. The third-order valence-electron chi connectivity index (χ3n) is 3.36. The van der Waals surface area contributed by atoms with E-state index in [-0.39, 0.29) is 12.1 Å². The monoisotopic (exact) mass is 346 g/mol. The van der Waals surface area contributed by atoms with Crippen molar-refractivity contribution in [2.75, 3.05) is 5.32 Å². The zero-order valence-corrected chi connectivity index (χ0v) is 14.0. The van der Waals surface area contributed by atoms with Gasteiger partial charge in [0.05, 0.1) is 11.7 Å². The smallest absolute Gasteiger partial charge is 0.319 e. The molecule has 1 unspecified atom stereocenters. The number of nitrogens with one attached hydrogen (secondary N) is 2. The van der Waals surface area contributed by atoms with Gasteiger partial charge in [-0.1, -0.05) is 35.9 Å². The molecule has 0 saturated heterocycles. The van der Waals surface area contributed by atoms with Gasteiger partial charge in [0.15, 0.2) is 0 Å². The summed E-state index contributed by atoms with van der Waals surface area (Å²) in [4.78, 5) is 12.1. The Kier molecular flexibility index (Phi) is 5.02. The number of urea groups is 1. The Morgan fingerprint density at radius 1 is 1.14 bits per heavy atom. The van der Waals surface area contributed by atoms with E-state index in [2.05, 4.69) is 58.6 Å². The maximum atomic E-state index is 12.1. The molecule has 0 heterocycles. The van der Waals surface area contributed by atoms with Gasteiger partial charge >= 0.3 is 6.03 Å². The van der Waals surface area contributed by atoms with Gasteiger partial charge in [0, 0.05) is 4.47 Å². The average molecular weight is 347 g/mol. The van der Waals surface area contributed by atoms with Crippen molar-refractivity contribution in [3.05, 3.63) is 63.6 Å². The number of hydrogen-bond donors (Lipinski definition) is 2. The Bertz CT molecular complexity index is 655. The zero-order chi connectivity index (χ0) is 15.4. The molecule has 0 bridgehead atoms. The fraction of sp³-hybridized carbons (Fsp3) is 0.235. The van der Waals surface area contributed by atoms with Crippen LogP contribution in [0.4, 0.5) is 10.5 Å². The number of carbonyl (C=O) groups excluding carboxylic acids is 1. The lowest BCUT2D eigenvalue weighted by Crippen LogP contribution is -2.31. The Hall–Kier alpha value is -1.81. The van der Waals surface area contributed by atoms with E-state index >= 15 is 0 Å². The number of anilines is 1. The maximum Gasteiger partial charge on any atom is 0.319 e. The molecular formula is C17H19BrN2O. The van der Waals surface area contributed by atoms with Gasteiger partial charge in [-0.2, -0.15) is 0 Å². The van der Waals surface area contributed by atoms with Gasteiger partial charge in [-0.15, -0.1) is 0 Å². The van der Waals surface area contributed by atoms with E-state index in [1.165, 1.54) is 11.1 Å². The lowest BCUT2D eigenvalue weighted by Gasteiger charge is -2.18. The van der Waals surface area contributed by atoms with Crippen molar-refractivity contribution in [2.24, 2.45) is 0 Å². The maximum absolute atomic E-state index is 12.1. The van der Waals surface area contributed by atoms with Crippen molar-refractivity contribution in [3.8, 4) is 0 Å². The Balaban J connectivity index is 2.04. The molecule has 4 heteroatoms. The minimum atomic E-state index is -0.214. The SMILES string of the molecule is Cc1ccc(C(C)NC(=O)Nc2ccccc2Br)c(C)c1. The number of amides is 2. The van der Waals surface area contributed by atoms with Crippen LogP contribution in [0.15, 0.2) is 46.9 Å². The molecule has 0 aromatic heterocycles. The van der Waals surface area contributed by atoms with Crippen molar-refractivity contribution in [1.82, 2.24) is 5.32 Å². The molecule has 0 aliphatic carbocycles. The van der Waals surface area contributed by atoms with E-state index in [0.29, 0.717) is 0 Å². The van der Waals surface area contributed by atoms with Crippen molar-refractivity contribution in [3.63, 3.8) is 0 Å². The van der Waals surface area contributed by atoms with Crippen LogP contribution < -0.4 is 10.6 Å². The van der Waals surface area contributed by atoms with Crippen LogP contribution in [0, 0.1) is 13.8 Å². The number of hydrogen-bond acceptors (Lipinski definition) is 1. The van der Waals surface area contributed by atoms with Crippen LogP contribution in [0.1, 0.15) is 29.7 Å². The molecule has 2 amide bonds. The third-order valence-corrected chi connectivity index (χ3v) is 4.05. The van der Waals surface area contributed by atoms with E-state index < -0.39 is 0 Å². The topological polar surface area (TPSA) is 41.1 Å². The normalized spacial score (nSPS) is 11.8. The second kappa shape index (κ2) is 6.76. The molecule has 0 fully saturated rings. The summed E-state index contributed by atoms with van der Waals surface area (Å²) in [7, 11) is 0. The molecule has 2 aromatic carbocycles. The zero-order valence-electron chi connectivity index (χ0n) is 12.4. The van der Waals surface area contributed by atoms with Crippen molar-refractivity contribution < 1.29 is 4.79 Å². The van der Waals surface area contributed by atoms with Gasteiger partial charge in [0.1, 0.15) is 0 Å². The van der Waals surface area contributed by atoms with E-state index in [9.17, 15) is 4.79 Å². The first-order valence-corrected chi connectivity index (χ1v) is 7.66. The minimum Gasteiger partial charge on any atom is -0.331 e. The summed E-state index contributed by atoms with van der Waals surface area (Å²) in [6.45, 7) is 6.11. The predicted octanol–water partition coefficient (Wildman–Crippen LogP) is 4.95. The van der Waals surface area contributed by atoms with Crippen LogP contribution in [-0.4, -0.2) is 6.03 Å². The number of halogens is 1. The summed E-state index contributed by atoms with van der Waals surface area (Å²) in [5.41, 5.74) is 4.29. The molecule has 0 aliphatic heterocycles. The van der Waals surface area contributed by atoms with E-state index in [0.717, 1.165) is 15.7 Å². The molecule has 0 saturated carbocycles. The van der Waals surface area contributed by atoms with Crippen LogP contribution in [0.5, 0.6) is 0 Å². The highest BCUT2D eigenvalue weighted by molar-refractivity contribution is 9.10. The number of carbonyl (C=O) groups is 1. The highest BCUT2D eigenvalue weighted by Crippen LogP contribution is 2.22. The molecule has 0 radical (unpaired) electrons. The van der Waals surface area contributed by atoms with E-state index in [4.69, 9.17) is 0 Å². The van der Waals surface area contributed by atoms with E-state index in [1.807, 2.05) is 31.2 Å². The Morgan fingerprint density at radius 3 is 2.52 bits per heavy atom. The van der Waals surface area contributed by atoms with Crippen LogP contribution in [0.25, 0.3) is 0 Å². The Labute approximate surface area is 133 Å². The highest BCUT2D eigenvalue weighted by atomic mass is 79.9. The predicted molar refractivity (Wildman–Crippen MR) is 90.6 cm³/mol. The van der Waals surface area contributed by atoms with Gasteiger partial charge < -0.3 is 10.6 Å².